The number of nitriles is 1. The highest BCUT2D eigenvalue weighted by molar-refractivity contribution is 6.34. The maximum absolute atomic E-state index is 9.62. The second kappa shape index (κ2) is 10.7. The van der Waals surface area contributed by atoms with E-state index in [4.69, 9.17) is 26.1 Å². The van der Waals surface area contributed by atoms with Gasteiger partial charge in [-0.25, -0.2) is 9.97 Å². The summed E-state index contributed by atoms with van der Waals surface area (Å²) in [5.41, 5.74) is 2.39. The van der Waals surface area contributed by atoms with Crippen LogP contribution >= 0.6 is 11.6 Å². The van der Waals surface area contributed by atoms with Gasteiger partial charge in [0.05, 0.1) is 28.8 Å². The predicted octanol–water partition coefficient (Wildman–Crippen LogP) is 5.08. The molecule has 0 spiro atoms. The van der Waals surface area contributed by atoms with Crippen LogP contribution in [0.1, 0.15) is 39.1 Å². The van der Waals surface area contributed by atoms with Crippen LogP contribution in [0.5, 0.6) is 11.5 Å². The van der Waals surface area contributed by atoms with Crippen LogP contribution in [0.4, 0.5) is 0 Å². The highest BCUT2D eigenvalue weighted by Crippen LogP contribution is 2.40. The Morgan fingerprint density at radius 1 is 1.19 bits per heavy atom. The Morgan fingerprint density at radius 2 is 1.94 bits per heavy atom. The van der Waals surface area contributed by atoms with Crippen LogP contribution in [0.3, 0.4) is 0 Å². The van der Waals surface area contributed by atoms with Crippen LogP contribution in [-0.4, -0.2) is 53.2 Å². The van der Waals surface area contributed by atoms with E-state index in [-0.39, 0.29) is 0 Å². The fourth-order valence-corrected chi connectivity index (χ4v) is 3.88. The Hall–Kier alpha value is -2.82. The molecule has 0 amide bonds. The summed E-state index contributed by atoms with van der Waals surface area (Å²) in [7, 11) is 1.59. The lowest BCUT2D eigenvalue weighted by Gasteiger charge is -2.19. The Kier molecular flexibility index (Phi) is 7.94. The highest BCUT2D eigenvalue weighted by Gasteiger charge is 2.20. The number of fused-ring (bicyclic) bond motifs is 1. The van der Waals surface area contributed by atoms with E-state index in [1.807, 2.05) is 6.07 Å². The zero-order chi connectivity index (χ0) is 23.3. The highest BCUT2D eigenvalue weighted by atomic mass is 35.5. The van der Waals surface area contributed by atoms with E-state index in [9.17, 15) is 5.26 Å². The van der Waals surface area contributed by atoms with Crippen LogP contribution in [0, 0.1) is 17.2 Å². The molecule has 0 fully saturated rings. The predicted molar refractivity (Wildman–Crippen MR) is 127 cm³/mol. The number of halogens is 1. The number of likely N-dealkylation sites (N-methyl/N-ethyl adjacent to an activating group) is 1. The lowest BCUT2D eigenvalue weighted by molar-refractivity contribution is 0.217. The molecule has 0 unspecified atom stereocenters. The number of methoxy groups -OCH3 is 1. The molecule has 1 aromatic carbocycles. The molecule has 170 valence electrons. The maximum atomic E-state index is 9.62. The third kappa shape index (κ3) is 5.14. The molecule has 0 aliphatic carbocycles. The molecule has 1 N–H and O–H groups in total. The summed E-state index contributed by atoms with van der Waals surface area (Å²) in [5.74, 6) is 2.23. The van der Waals surface area contributed by atoms with Gasteiger partial charge in [0.15, 0.2) is 11.5 Å². The fourth-order valence-electron chi connectivity index (χ4n) is 3.63. The van der Waals surface area contributed by atoms with Crippen molar-refractivity contribution in [3.05, 3.63) is 34.7 Å². The molecule has 0 saturated heterocycles. The zero-order valence-electron chi connectivity index (χ0n) is 19.3. The van der Waals surface area contributed by atoms with Gasteiger partial charge in [0.1, 0.15) is 24.1 Å². The van der Waals surface area contributed by atoms with Crippen molar-refractivity contribution in [2.75, 3.05) is 33.4 Å². The van der Waals surface area contributed by atoms with Gasteiger partial charge >= 0.3 is 0 Å². The van der Waals surface area contributed by atoms with Crippen LogP contribution in [0.25, 0.3) is 22.3 Å². The SMILES string of the molecule is CCN(CC)CCOc1cc(-c2nc(CC(C)C)nc3[nH]cc(C#N)c23)c(Cl)cc1OC. The van der Waals surface area contributed by atoms with Crippen molar-refractivity contribution >= 4 is 22.6 Å². The molecule has 0 bridgehead atoms. The molecular weight excluding hydrogens is 426 g/mol. The van der Waals surface area contributed by atoms with Gasteiger partial charge in [-0.2, -0.15) is 5.26 Å². The van der Waals surface area contributed by atoms with Crippen molar-refractivity contribution in [3.63, 3.8) is 0 Å². The van der Waals surface area contributed by atoms with Gasteiger partial charge in [-0.15, -0.1) is 0 Å². The molecule has 0 aliphatic heterocycles. The first-order chi connectivity index (χ1) is 15.4. The van der Waals surface area contributed by atoms with Gasteiger partial charge in [-0.1, -0.05) is 39.3 Å². The van der Waals surface area contributed by atoms with Crippen LogP contribution < -0.4 is 9.47 Å². The molecule has 2 aromatic heterocycles. The minimum Gasteiger partial charge on any atom is -0.493 e. The number of benzene rings is 1. The first-order valence-corrected chi connectivity index (χ1v) is 11.3. The average Bonchev–Trinajstić information content (AvgIpc) is 3.19. The smallest absolute Gasteiger partial charge is 0.162 e. The number of H-pyrrole nitrogens is 1. The molecule has 0 atom stereocenters. The molecule has 3 rings (SSSR count). The third-order valence-corrected chi connectivity index (χ3v) is 5.67. The number of rotatable bonds is 10. The van der Waals surface area contributed by atoms with Gasteiger partial charge in [0.25, 0.3) is 0 Å². The molecule has 32 heavy (non-hydrogen) atoms. The monoisotopic (exact) mass is 455 g/mol. The number of hydrogen-bond acceptors (Lipinski definition) is 6. The lowest BCUT2D eigenvalue weighted by Crippen LogP contribution is -2.27. The summed E-state index contributed by atoms with van der Waals surface area (Å²) in [5, 5.41) is 10.7. The normalized spacial score (nSPS) is 11.3. The zero-order valence-corrected chi connectivity index (χ0v) is 20.1. The molecule has 0 radical (unpaired) electrons. The van der Waals surface area contributed by atoms with E-state index in [1.54, 1.807) is 19.4 Å². The quantitative estimate of drug-likeness (QED) is 0.458. The summed E-state index contributed by atoms with van der Waals surface area (Å²) >= 11 is 6.67. The molecule has 0 aliphatic rings. The summed E-state index contributed by atoms with van der Waals surface area (Å²) in [4.78, 5) is 14.8. The Morgan fingerprint density at radius 3 is 2.56 bits per heavy atom. The number of nitrogens with one attached hydrogen (secondary N) is 1. The van der Waals surface area contributed by atoms with Gasteiger partial charge < -0.3 is 19.4 Å². The summed E-state index contributed by atoms with van der Waals surface area (Å²) in [6.45, 7) is 11.7. The van der Waals surface area contributed by atoms with Gasteiger partial charge in [-0.3, -0.25) is 0 Å². The van der Waals surface area contributed by atoms with E-state index in [1.165, 1.54) is 0 Å². The summed E-state index contributed by atoms with van der Waals surface area (Å²) in [6, 6.07) is 5.80. The van der Waals surface area contributed by atoms with Crippen molar-refractivity contribution in [1.29, 1.82) is 5.26 Å². The van der Waals surface area contributed by atoms with Crippen molar-refractivity contribution in [1.82, 2.24) is 19.9 Å². The second-order valence-electron chi connectivity index (χ2n) is 7.98. The number of nitrogens with zero attached hydrogens (tertiary/aromatic N) is 4. The largest absolute Gasteiger partial charge is 0.493 e. The van der Waals surface area contributed by atoms with Crippen LogP contribution in [0.15, 0.2) is 18.3 Å². The van der Waals surface area contributed by atoms with Gasteiger partial charge in [0.2, 0.25) is 0 Å². The lowest BCUT2D eigenvalue weighted by atomic mass is 10.0. The van der Waals surface area contributed by atoms with E-state index in [0.717, 1.165) is 19.6 Å². The molecule has 8 heteroatoms. The van der Waals surface area contributed by atoms with Crippen LogP contribution in [0.2, 0.25) is 5.02 Å². The average molecular weight is 456 g/mol. The Labute approximate surface area is 194 Å². The molecule has 0 saturated carbocycles. The third-order valence-electron chi connectivity index (χ3n) is 5.36. The van der Waals surface area contributed by atoms with Crippen LogP contribution in [-0.2, 0) is 6.42 Å². The van der Waals surface area contributed by atoms with Gasteiger partial charge in [0, 0.05) is 30.8 Å². The Bertz CT molecular complexity index is 1120. The first-order valence-electron chi connectivity index (χ1n) is 10.9. The molecule has 2 heterocycles. The van der Waals surface area contributed by atoms with Crippen molar-refractivity contribution in [2.24, 2.45) is 5.92 Å². The summed E-state index contributed by atoms with van der Waals surface area (Å²) in [6.07, 6.45) is 2.37. The van der Waals surface area contributed by atoms with Gasteiger partial charge in [-0.05, 0) is 25.1 Å². The summed E-state index contributed by atoms with van der Waals surface area (Å²) < 4.78 is 11.6. The molecule has 7 nitrogen and oxygen atoms in total. The number of aromatic amines is 1. The van der Waals surface area contributed by atoms with Crippen molar-refractivity contribution in [3.8, 4) is 28.8 Å². The first kappa shape index (κ1) is 23.8. The number of hydrogen-bond donors (Lipinski definition) is 1. The van der Waals surface area contributed by atoms with E-state index < -0.39 is 0 Å². The maximum Gasteiger partial charge on any atom is 0.162 e. The van der Waals surface area contributed by atoms with E-state index >= 15 is 0 Å². The number of ether oxygens (including phenoxy) is 2. The fraction of sp³-hybridized carbons (Fsp3) is 0.458. The van der Waals surface area contributed by atoms with Crippen molar-refractivity contribution < 1.29 is 9.47 Å². The Balaban J connectivity index is 2.10. The second-order valence-corrected chi connectivity index (χ2v) is 8.39. The van der Waals surface area contributed by atoms with E-state index in [0.29, 0.717) is 69.1 Å². The topological polar surface area (TPSA) is 87.1 Å². The molecule has 3 aromatic rings. The minimum absolute atomic E-state index is 0.385. The standard InChI is InChI=1S/C24H30ClN5O2/c1-6-30(7-2)8-9-32-20-11-17(18(25)12-19(20)31-5)23-22-16(13-26)14-27-24(22)29-21(28-23)10-15(3)4/h11-12,14-15H,6-10H2,1-5H3,(H,27,28,29). The number of aromatic nitrogens is 3. The van der Waals surface area contributed by atoms with E-state index in [2.05, 4.69) is 48.6 Å². The van der Waals surface area contributed by atoms with Crippen molar-refractivity contribution in [2.45, 2.75) is 34.1 Å². The minimum atomic E-state index is 0.385. The molecular formula is C24H30ClN5O2.